The zero-order valence-electron chi connectivity index (χ0n) is 12.5. The van der Waals surface area contributed by atoms with Crippen LogP contribution in [-0.2, 0) is 6.42 Å². The molecule has 0 amide bonds. The lowest BCUT2D eigenvalue weighted by atomic mass is 10.1. The zero-order chi connectivity index (χ0) is 14.5. The molecule has 2 rings (SSSR count). The molecule has 4 N–H and O–H groups in total. The Kier molecular flexibility index (Phi) is 5.17. The molecule has 1 fully saturated rings. The lowest BCUT2D eigenvalue weighted by molar-refractivity contribution is 0.144. The minimum Gasteiger partial charge on any atom is -0.391 e. The first-order valence-corrected chi connectivity index (χ1v) is 7.69. The van der Waals surface area contributed by atoms with Gasteiger partial charge in [-0.2, -0.15) is 0 Å². The highest BCUT2D eigenvalue weighted by Crippen LogP contribution is 2.24. The number of aromatic nitrogens is 2. The quantitative estimate of drug-likeness (QED) is 0.737. The largest absolute Gasteiger partial charge is 0.391 e. The van der Waals surface area contributed by atoms with E-state index in [1.54, 1.807) is 0 Å². The van der Waals surface area contributed by atoms with Crippen molar-refractivity contribution in [1.29, 1.82) is 0 Å². The fraction of sp³-hybridized carbons (Fsp3) is 0.733. The van der Waals surface area contributed by atoms with E-state index in [4.69, 9.17) is 5.73 Å². The molecule has 112 valence electrons. The van der Waals surface area contributed by atoms with Crippen LogP contribution < -0.4 is 11.1 Å². The average molecular weight is 278 g/mol. The average Bonchev–Trinajstić information content (AvgIpc) is 2.61. The third-order valence-corrected chi connectivity index (χ3v) is 4.00. The Hall–Kier alpha value is -1.36. The van der Waals surface area contributed by atoms with Gasteiger partial charge in [0.1, 0.15) is 17.5 Å². The number of aliphatic hydroxyl groups is 1. The summed E-state index contributed by atoms with van der Waals surface area (Å²) in [6.45, 7) is 4.03. The van der Waals surface area contributed by atoms with Gasteiger partial charge in [0.2, 0.25) is 0 Å². The number of nitrogens with zero attached hydrogens (tertiary/aromatic N) is 2. The number of nitrogen functional groups attached to an aromatic ring is 1. The van der Waals surface area contributed by atoms with E-state index in [0.717, 1.165) is 55.7 Å². The van der Waals surface area contributed by atoms with Crippen LogP contribution in [0, 0.1) is 6.92 Å². The molecule has 5 nitrogen and oxygen atoms in total. The van der Waals surface area contributed by atoms with E-state index >= 15 is 0 Å². The molecule has 2 atom stereocenters. The molecule has 5 heteroatoms. The number of aliphatic hydroxyl groups excluding tert-OH is 1. The summed E-state index contributed by atoms with van der Waals surface area (Å²) < 4.78 is 0. The standard InChI is InChI=1S/C15H26N4O/c1-3-7-13-18-14(16)10(2)15(19-13)17-11-8-5-4-6-9-12(11)20/h11-12,20H,3-9H2,1-2H3,(H3,16,17,18,19). The van der Waals surface area contributed by atoms with Crippen molar-refractivity contribution in [1.82, 2.24) is 9.97 Å². The van der Waals surface area contributed by atoms with Crippen molar-refractivity contribution < 1.29 is 5.11 Å². The molecule has 0 saturated heterocycles. The molecular formula is C15H26N4O. The van der Waals surface area contributed by atoms with Gasteiger partial charge in [0, 0.05) is 12.0 Å². The second-order valence-electron chi connectivity index (χ2n) is 5.70. The second-order valence-corrected chi connectivity index (χ2v) is 5.70. The van der Waals surface area contributed by atoms with E-state index in [1.807, 2.05) is 6.92 Å². The molecule has 20 heavy (non-hydrogen) atoms. The maximum Gasteiger partial charge on any atom is 0.135 e. The number of aryl methyl sites for hydroxylation is 1. The first-order chi connectivity index (χ1) is 9.61. The van der Waals surface area contributed by atoms with Crippen molar-refractivity contribution in [3.05, 3.63) is 11.4 Å². The van der Waals surface area contributed by atoms with Crippen molar-refractivity contribution in [2.45, 2.75) is 70.9 Å². The highest BCUT2D eigenvalue weighted by Gasteiger charge is 2.23. The van der Waals surface area contributed by atoms with Crippen LogP contribution in [0.2, 0.25) is 0 Å². The lowest BCUT2D eigenvalue weighted by Gasteiger charge is -2.23. The van der Waals surface area contributed by atoms with Gasteiger partial charge in [0.25, 0.3) is 0 Å². The fourth-order valence-electron chi connectivity index (χ4n) is 2.69. The predicted octanol–water partition coefficient (Wildman–Crippen LogP) is 2.43. The zero-order valence-corrected chi connectivity index (χ0v) is 12.5. The summed E-state index contributed by atoms with van der Waals surface area (Å²) in [4.78, 5) is 8.89. The highest BCUT2D eigenvalue weighted by molar-refractivity contribution is 5.55. The minimum absolute atomic E-state index is 0.0694. The molecule has 1 saturated carbocycles. The molecule has 1 aromatic rings. The third kappa shape index (κ3) is 3.60. The molecule has 2 unspecified atom stereocenters. The summed E-state index contributed by atoms with van der Waals surface area (Å²) in [6, 6.07) is 0.0694. The number of hydrogen-bond donors (Lipinski definition) is 3. The van der Waals surface area contributed by atoms with Gasteiger partial charge in [0.05, 0.1) is 12.1 Å². The molecule has 0 aromatic carbocycles. The Balaban J connectivity index is 2.18. The predicted molar refractivity (Wildman–Crippen MR) is 81.7 cm³/mol. The van der Waals surface area contributed by atoms with E-state index in [2.05, 4.69) is 22.2 Å². The topological polar surface area (TPSA) is 84.1 Å². The molecule has 1 aliphatic rings. The van der Waals surface area contributed by atoms with Gasteiger partial charge in [-0.15, -0.1) is 0 Å². The van der Waals surface area contributed by atoms with Gasteiger partial charge in [-0.3, -0.25) is 0 Å². The van der Waals surface area contributed by atoms with Crippen molar-refractivity contribution in [3.63, 3.8) is 0 Å². The summed E-state index contributed by atoms with van der Waals surface area (Å²) in [5.41, 5.74) is 6.84. The monoisotopic (exact) mass is 278 g/mol. The Morgan fingerprint density at radius 1 is 1.25 bits per heavy atom. The van der Waals surface area contributed by atoms with Crippen molar-refractivity contribution in [2.24, 2.45) is 0 Å². The van der Waals surface area contributed by atoms with Gasteiger partial charge in [-0.25, -0.2) is 9.97 Å². The molecule has 1 aromatic heterocycles. The van der Waals surface area contributed by atoms with E-state index < -0.39 is 0 Å². The van der Waals surface area contributed by atoms with Crippen LogP contribution in [0.1, 0.15) is 56.8 Å². The SMILES string of the molecule is CCCc1nc(N)c(C)c(NC2CCCCCC2O)n1. The van der Waals surface area contributed by atoms with Crippen LogP contribution in [0.15, 0.2) is 0 Å². The number of anilines is 2. The van der Waals surface area contributed by atoms with Crippen molar-refractivity contribution >= 4 is 11.6 Å². The highest BCUT2D eigenvalue weighted by atomic mass is 16.3. The van der Waals surface area contributed by atoms with Crippen molar-refractivity contribution in [2.75, 3.05) is 11.1 Å². The number of nitrogens with one attached hydrogen (secondary N) is 1. The molecule has 0 radical (unpaired) electrons. The Labute approximate surface area is 121 Å². The second kappa shape index (κ2) is 6.88. The molecule has 0 aliphatic heterocycles. The Bertz CT molecular complexity index is 450. The van der Waals surface area contributed by atoms with E-state index in [-0.39, 0.29) is 12.1 Å². The molecule has 1 aliphatic carbocycles. The van der Waals surface area contributed by atoms with Gasteiger partial charge >= 0.3 is 0 Å². The van der Waals surface area contributed by atoms with Crippen LogP contribution >= 0.6 is 0 Å². The summed E-state index contributed by atoms with van der Waals surface area (Å²) in [6.07, 6.45) is 6.80. The molecule has 0 spiro atoms. The summed E-state index contributed by atoms with van der Waals surface area (Å²) in [7, 11) is 0. The first kappa shape index (κ1) is 15.0. The summed E-state index contributed by atoms with van der Waals surface area (Å²) >= 11 is 0. The third-order valence-electron chi connectivity index (χ3n) is 4.00. The smallest absolute Gasteiger partial charge is 0.135 e. The van der Waals surface area contributed by atoms with E-state index in [9.17, 15) is 5.11 Å². The first-order valence-electron chi connectivity index (χ1n) is 7.69. The van der Waals surface area contributed by atoms with E-state index in [0.29, 0.717) is 5.82 Å². The normalized spacial score (nSPS) is 23.4. The Morgan fingerprint density at radius 2 is 2.00 bits per heavy atom. The van der Waals surface area contributed by atoms with Crippen LogP contribution in [0.25, 0.3) is 0 Å². The number of hydrogen-bond acceptors (Lipinski definition) is 5. The molecular weight excluding hydrogens is 252 g/mol. The Morgan fingerprint density at radius 3 is 2.75 bits per heavy atom. The van der Waals surface area contributed by atoms with Crippen LogP contribution in [0.5, 0.6) is 0 Å². The number of nitrogens with two attached hydrogens (primary N) is 1. The van der Waals surface area contributed by atoms with Crippen LogP contribution in [-0.4, -0.2) is 27.2 Å². The fourth-order valence-corrected chi connectivity index (χ4v) is 2.69. The van der Waals surface area contributed by atoms with E-state index in [1.165, 1.54) is 6.42 Å². The van der Waals surface area contributed by atoms with Gasteiger partial charge in [0.15, 0.2) is 0 Å². The van der Waals surface area contributed by atoms with Gasteiger partial charge in [-0.1, -0.05) is 26.2 Å². The van der Waals surface area contributed by atoms with Gasteiger partial charge < -0.3 is 16.2 Å². The summed E-state index contributed by atoms with van der Waals surface area (Å²) in [5, 5.41) is 13.6. The molecule has 1 heterocycles. The minimum atomic E-state index is -0.303. The van der Waals surface area contributed by atoms with Crippen LogP contribution in [0.3, 0.4) is 0 Å². The maximum absolute atomic E-state index is 10.2. The van der Waals surface area contributed by atoms with Gasteiger partial charge in [-0.05, 0) is 26.2 Å². The lowest BCUT2D eigenvalue weighted by Crippen LogP contribution is -2.33. The summed E-state index contributed by atoms with van der Waals surface area (Å²) in [5.74, 6) is 2.10. The van der Waals surface area contributed by atoms with Crippen molar-refractivity contribution in [3.8, 4) is 0 Å². The molecule has 0 bridgehead atoms. The maximum atomic E-state index is 10.2. The van der Waals surface area contributed by atoms with Crippen LogP contribution in [0.4, 0.5) is 11.6 Å². The number of rotatable bonds is 4.